The molecular formula is C21H28N4OS. The van der Waals surface area contributed by atoms with E-state index in [0.717, 1.165) is 36.1 Å². The highest BCUT2D eigenvalue weighted by Crippen LogP contribution is 2.39. The summed E-state index contributed by atoms with van der Waals surface area (Å²) in [6, 6.07) is 8.95. The molecule has 0 spiro atoms. The van der Waals surface area contributed by atoms with Gasteiger partial charge in [0.1, 0.15) is 11.6 Å². The SMILES string of the molecule is C=CCn1c(C2CC2)nn(CN2CCCC2c2ccc(OCC)cc2)c1=S. The van der Waals surface area contributed by atoms with Crippen molar-refractivity contribution in [2.45, 2.75) is 57.8 Å². The Kier molecular flexibility index (Phi) is 5.45. The standard InChI is InChI=1S/C21H28N4OS/c1-3-13-24-20(17-7-8-17)22-25(21(24)27)15-23-14-5-6-19(23)16-9-11-18(12-10-16)26-4-2/h3,9-12,17,19H,1,4-8,13-15H2,2H3. The first-order chi connectivity index (χ1) is 13.2. The summed E-state index contributed by atoms with van der Waals surface area (Å²) < 4.78 is 10.6. The molecular weight excluding hydrogens is 356 g/mol. The third-order valence-corrected chi connectivity index (χ3v) is 5.89. The summed E-state index contributed by atoms with van der Waals surface area (Å²) in [5, 5.41) is 4.89. The molecule has 0 radical (unpaired) electrons. The van der Waals surface area contributed by atoms with E-state index >= 15 is 0 Å². The van der Waals surface area contributed by atoms with Crippen LogP contribution in [-0.2, 0) is 13.2 Å². The molecule has 1 aromatic carbocycles. The molecule has 2 aromatic rings. The first kappa shape index (κ1) is 18.4. The van der Waals surface area contributed by atoms with Gasteiger partial charge in [0, 0.05) is 25.0 Å². The molecule has 144 valence electrons. The fourth-order valence-electron chi connectivity index (χ4n) is 3.99. The summed E-state index contributed by atoms with van der Waals surface area (Å²) in [4.78, 5) is 2.49. The molecule has 1 atom stereocenters. The highest BCUT2D eigenvalue weighted by Gasteiger charge is 2.31. The molecule has 5 nitrogen and oxygen atoms in total. The maximum atomic E-state index is 5.73. The highest BCUT2D eigenvalue weighted by atomic mass is 32.1. The molecule has 1 aliphatic carbocycles. The molecule has 0 N–H and O–H groups in total. The van der Waals surface area contributed by atoms with Crippen LogP contribution < -0.4 is 4.74 Å². The number of aromatic nitrogens is 3. The predicted molar refractivity (Wildman–Crippen MR) is 110 cm³/mol. The van der Waals surface area contributed by atoms with E-state index in [2.05, 4.69) is 40.3 Å². The number of rotatable bonds is 8. The van der Waals surface area contributed by atoms with Gasteiger partial charge in [0.05, 0.1) is 13.3 Å². The highest BCUT2D eigenvalue weighted by molar-refractivity contribution is 7.71. The van der Waals surface area contributed by atoms with Crippen LogP contribution in [0.5, 0.6) is 5.75 Å². The second-order valence-electron chi connectivity index (χ2n) is 7.43. The van der Waals surface area contributed by atoms with Gasteiger partial charge < -0.3 is 4.74 Å². The van der Waals surface area contributed by atoms with E-state index in [1.165, 1.54) is 31.2 Å². The Bertz CT molecular complexity index is 850. The number of allylic oxidation sites excluding steroid dienone is 1. The van der Waals surface area contributed by atoms with Gasteiger partial charge >= 0.3 is 0 Å². The quantitative estimate of drug-likeness (QED) is 0.489. The molecule has 1 aliphatic heterocycles. The summed E-state index contributed by atoms with van der Waals surface area (Å²) >= 11 is 5.73. The van der Waals surface area contributed by atoms with E-state index < -0.39 is 0 Å². The lowest BCUT2D eigenvalue weighted by atomic mass is 10.0. The zero-order valence-electron chi connectivity index (χ0n) is 16.0. The van der Waals surface area contributed by atoms with Crippen LogP contribution in [0.25, 0.3) is 0 Å². The fourth-order valence-corrected chi connectivity index (χ4v) is 4.26. The Morgan fingerprint density at radius 2 is 2.04 bits per heavy atom. The lowest BCUT2D eigenvalue weighted by Gasteiger charge is -2.24. The number of likely N-dealkylation sites (tertiary alicyclic amines) is 1. The van der Waals surface area contributed by atoms with Crippen LogP contribution in [0.15, 0.2) is 36.9 Å². The topological polar surface area (TPSA) is 35.2 Å². The minimum atomic E-state index is 0.413. The Hall–Kier alpha value is -1.92. The second kappa shape index (κ2) is 7.98. The van der Waals surface area contributed by atoms with Crippen LogP contribution in [0.4, 0.5) is 0 Å². The fraction of sp³-hybridized carbons (Fsp3) is 0.524. The Labute approximate surface area is 166 Å². The van der Waals surface area contributed by atoms with Crippen LogP contribution in [0, 0.1) is 4.77 Å². The molecule has 2 fully saturated rings. The molecule has 6 heteroatoms. The average Bonchev–Trinajstić information content (AvgIpc) is 3.35. The smallest absolute Gasteiger partial charge is 0.199 e. The number of ether oxygens (including phenoxy) is 1. The van der Waals surface area contributed by atoms with Crippen LogP contribution in [0.3, 0.4) is 0 Å². The monoisotopic (exact) mass is 384 g/mol. The zero-order valence-corrected chi connectivity index (χ0v) is 16.8. The minimum Gasteiger partial charge on any atom is -0.494 e. The van der Waals surface area contributed by atoms with Crippen molar-refractivity contribution in [3.63, 3.8) is 0 Å². The van der Waals surface area contributed by atoms with Crippen molar-refractivity contribution >= 4 is 12.2 Å². The largest absolute Gasteiger partial charge is 0.494 e. The van der Waals surface area contributed by atoms with Crippen molar-refractivity contribution in [3.8, 4) is 5.75 Å². The van der Waals surface area contributed by atoms with E-state index in [-0.39, 0.29) is 0 Å². The molecule has 27 heavy (non-hydrogen) atoms. The van der Waals surface area contributed by atoms with Crippen molar-refractivity contribution in [3.05, 3.63) is 53.1 Å². The van der Waals surface area contributed by atoms with Crippen molar-refractivity contribution < 1.29 is 4.74 Å². The summed E-state index contributed by atoms with van der Waals surface area (Å²) in [6.45, 7) is 9.16. The molecule has 2 heterocycles. The van der Waals surface area contributed by atoms with E-state index in [1.54, 1.807) is 0 Å². The number of hydrogen-bond donors (Lipinski definition) is 0. The molecule has 0 bridgehead atoms. The normalized spacial score (nSPS) is 20.1. The first-order valence-electron chi connectivity index (χ1n) is 9.96. The van der Waals surface area contributed by atoms with Gasteiger partial charge in [0.15, 0.2) is 4.77 Å². The van der Waals surface area contributed by atoms with Gasteiger partial charge in [-0.25, -0.2) is 4.68 Å². The molecule has 1 saturated heterocycles. The van der Waals surface area contributed by atoms with Crippen LogP contribution >= 0.6 is 12.2 Å². The van der Waals surface area contributed by atoms with E-state index in [0.29, 0.717) is 18.6 Å². The van der Waals surface area contributed by atoms with Crippen molar-refractivity contribution in [2.24, 2.45) is 0 Å². The Morgan fingerprint density at radius 1 is 1.26 bits per heavy atom. The van der Waals surface area contributed by atoms with Gasteiger partial charge in [0.25, 0.3) is 0 Å². The predicted octanol–water partition coefficient (Wildman–Crippen LogP) is 4.67. The first-order valence-corrected chi connectivity index (χ1v) is 10.4. The molecule has 0 amide bonds. The summed E-state index contributed by atoms with van der Waals surface area (Å²) in [5.74, 6) is 2.65. The van der Waals surface area contributed by atoms with Gasteiger partial charge in [-0.1, -0.05) is 18.2 Å². The number of hydrogen-bond acceptors (Lipinski definition) is 4. The zero-order chi connectivity index (χ0) is 18.8. The molecule has 1 unspecified atom stereocenters. The van der Waals surface area contributed by atoms with E-state index in [9.17, 15) is 0 Å². The summed E-state index contributed by atoms with van der Waals surface area (Å²) in [6.07, 6.45) is 6.73. The average molecular weight is 385 g/mol. The maximum absolute atomic E-state index is 5.73. The third-order valence-electron chi connectivity index (χ3n) is 5.46. The maximum Gasteiger partial charge on any atom is 0.199 e. The summed E-state index contributed by atoms with van der Waals surface area (Å²) in [7, 11) is 0. The van der Waals surface area contributed by atoms with Crippen LogP contribution in [-0.4, -0.2) is 32.4 Å². The van der Waals surface area contributed by atoms with E-state index in [1.807, 2.05) is 17.7 Å². The third kappa shape index (κ3) is 3.87. The van der Waals surface area contributed by atoms with Crippen molar-refractivity contribution in [1.29, 1.82) is 0 Å². The lowest BCUT2D eigenvalue weighted by molar-refractivity contribution is 0.189. The molecule has 4 rings (SSSR count). The van der Waals surface area contributed by atoms with Crippen LogP contribution in [0.2, 0.25) is 0 Å². The van der Waals surface area contributed by atoms with Gasteiger partial charge in [0.2, 0.25) is 0 Å². The molecule has 1 saturated carbocycles. The molecule has 1 aromatic heterocycles. The van der Waals surface area contributed by atoms with Crippen LogP contribution in [0.1, 0.15) is 56.0 Å². The number of nitrogens with zero attached hydrogens (tertiary/aromatic N) is 4. The van der Waals surface area contributed by atoms with Gasteiger partial charge in [-0.15, -0.1) is 6.58 Å². The van der Waals surface area contributed by atoms with Gasteiger partial charge in [-0.3, -0.25) is 9.47 Å². The summed E-state index contributed by atoms with van der Waals surface area (Å²) in [5.41, 5.74) is 1.34. The van der Waals surface area contributed by atoms with Crippen molar-refractivity contribution in [1.82, 2.24) is 19.2 Å². The van der Waals surface area contributed by atoms with Gasteiger partial charge in [-0.05, 0) is 62.5 Å². The molecule has 2 aliphatic rings. The Morgan fingerprint density at radius 3 is 2.70 bits per heavy atom. The minimum absolute atomic E-state index is 0.413. The Balaban J connectivity index is 1.54. The second-order valence-corrected chi connectivity index (χ2v) is 7.79. The van der Waals surface area contributed by atoms with Crippen molar-refractivity contribution in [2.75, 3.05) is 13.2 Å². The van der Waals surface area contributed by atoms with E-state index in [4.69, 9.17) is 22.1 Å². The number of benzene rings is 1. The lowest BCUT2D eigenvalue weighted by Crippen LogP contribution is -2.27. The van der Waals surface area contributed by atoms with Gasteiger partial charge in [-0.2, -0.15) is 5.10 Å².